The lowest BCUT2D eigenvalue weighted by molar-refractivity contribution is 0.477. The quantitative estimate of drug-likeness (QED) is 0.167. The van der Waals surface area contributed by atoms with E-state index < -0.39 is 0 Å². The van der Waals surface area contributed by atoms with Crippen LogP contribution in [0.15, 0.2) is 165 Å². The molecule has 0 bridgehead atoms. The Balaban J connectivity index is 1.23. The van der Waals surface area contributed by atoms with Crippen LogP contribution in [0, 0.1) is 0 Å². The van der Waals surface area contributed by atoms with Crippen molar-refractivity contribution in [1.29, 1.82) is 0 Å². The molecule has 0 atom stereocenters. The number of hydrogen-bond donors (Lipinski definition) is 1. The van der Waals surface area contributed by atoms with Gasteiger partial charge in [0, 0.05) is 44.6 Å². The molecule has 318 valence electrons. The largest absolute Gasteiger partial charge is 0.507 e. The number of phenolic OH excluding ortho intramolecular Hbond substituents is 1. The zero-order valence-corrected chi connectivity index (χ0v) is 36.8. The predicted octanol–water partition coefficient (Wildman–Crippen LogP) is 14.0. The highest BCUT2D eigenvalue weighted by Gasteiger charge is 2.28. The molecule has 0 saturated carbocycles. The fourth-order valence-electron chi connectivity index (χ4n) is 8.34. The van der Waals surface area contributed by atoms with E-state index in [0.717, 1.165) is 72.4 Å². The summed E-state index contributed by atoms with van der Waals surface area (Å²) >= 11 is 0. The van der Waals surface area contributed by atoms with E-state index in [9.17, 15) is 5.11 Å². The zero-order chi connectivity index (χ0) is 44.6. The average Bonchev–Trinajstić information content (AvgIpc) is 4.14. The molecule has 6 aromatic heterocycles. The highest BCUT2D eigenvalue weighted by molar-refractivity contribution is 6.15. The number of rotatable bonds is 7. The summed E-state index contributed by atoms with van der Waals surface area (Å²) in [6.07, 6.45) is 5.21. The molecule has 0 aliphatic carbocycles. The van der Waals surface area contributed by atoms with Gasteiger partial charge in [-0.05, 0) is 77.4 Å². The predicted molar refractivity (Wildman–Crippen MR) is 256 cm³/mol. The number of aromatic hydroxyl groups is 1. The number of furan rings is 1. The van der Waals surface area contributed by atoms with Gasteiger partial charge in [-0.2, -0.15) is 0 Å². The second-order valence-electron chi connectivity index (χ2n) is 18.4. The normalized spacial score (nSPS) is 12.2. The van der Waals surface area contributed by atoms with Crippen LogP contribution >= 0.6 is 0 Å². The van der Waals surface area contributed by atoms with Gasteiger partial charge in [-0.15, -0.1) is 0 Å². The number of hydrogen-bond acceptors (Lipinski definition) is 9. The van der Waals surface area contributed by atoms with Gasteiger partial charge in [-0.1, -0.05) is 114 Å². The fraction of sp³-hybridized carbons (Fsp3) is 0.145. The minimum atomic E-state index is -0.276. The smallest absolute Gasteiger partial charge is 0.249 e. The minimum absolute atomic E-state index is 0.140. The first kappa shape index (κ1) is 39.7. The van der Waals surface area contributed by atoms with Crippen molar-refractivity contribution in [2.45, 2.75) is 52.4 Å². The van der Waals surface area contributed by atoms with Crippen LogP contribution in [0.2, 0.25) is 0 Å². The third-order valence-corrected chi connectivity index (χ3v) is 11.8. The number of aromatic nitrogens is 6. The number of fused-ring (bicyclic) bond motifs is 4. The van der Waals surface area contributed by atoms with Gasteiger partial charge in [0.2, 0.25) is 11.8 Å². The highest BCUT2D eigenvalue weighted by atomic mass is 16.4. The first-order valence-electron chi connectivity index (χ1n) is 21.6. The molecule has 11 aromatic rings. The van der Waals surface area contributed by atoms with E-state index in [-0.39, 0.29) is 16.6 Å². The molecule has 10 heteroatoms. The van der Waals surface area contributed by atoms with Crippen LogP contribution < -0.4 is 0 Å². The molecule has 0 fully saturated rings. The van der Waals surface area contributed by atoms with Crippen molar-refractivity contribution in [3.05, 3.63) is 164 Å². The lowest BCUT2D eigenvalue weighted by atomic mass is 9.93. The molecule has 0 unspecified atom stereocenters. The van der Waals surface area contributed by atoms with Crippen molar-refractivity contribution in [3.63, 3.8) is 0 Å². The van der Waals surface area contributed by atoms with Gasteiger partial charge in [-0.3, -0.25) is 9.55 Å². The number of nitrogens with zero attached hydrogens (tertiary/aromatic N) is 6. The van der Waals surface area contributed by atoms with Crippen molar-refractivity contribution < 1.29 is 18.4 Å². The summed E-state index contributed by atoms with van der Waals surface area (Å²) in [4.78, 5) is 25.3. The third kappa shape index (κ3) is 6.94. The summed E-state index contributed by atoms with van der Waals surface area (Å²) in [7, 11) is 0. The molecule has 6 heterocycles. The summed E-state index contributed by atoms with van der Waals surface area (Å²) < 4.78 is 21.5. The monoisotopic (exact) mass is 852 g/mol. The molecule has 0 spiro atoms. The van der Waals surface area contributed by atoms with Crippen molar-refractivity contribution in [1.82, 2.24) is 29.5 Å². The van der Waals surface area contributed by atoms with Crippen LogP contribution in [0.3, 0.4) is 0 Å². The van der Waals surface area contributed by atoms with Crippen LogP contribution in [-0.2, 0) is 10.8 Å². The van der Waals surface area contributed by atoms with E-state index in [1.807, 2.05) is 91.1 Å². The van der Waals surface area contributed by atoms with Crippen molar-refractivity contribution in [2.75, 3.05) is 0 Å². The number of oxazole rings is 2. The van der Waals surface area contributed by atoms with Crippen LogP contribution in [-0.4, -0.2) is 34.6 Å². The lowest BCUT2D eigenvalue weighted by Gasteiger charge is -2.13. The van der Waals surface area contributed by atoms with Crippen molar-refractivity contribution in [3.8, 4) is 79.5 Å². The molecular formula is C55H44N6O4. The van der Waals surface area contributed by atoms with Gasteiger partial charge in [0.05, 0.1) is 33.7 Å². The van der Waals surface area contributed by atoms with Gasteiger partial charge < -0.3 is 18.4 Å². The Kier molecular flexibility index (Phi) is 9.18. The summed E-state index contributed by atoms with van der Waals surface area (Å²) in [6, 6.07) is 44.2. The standard InChI is InChI=1S/C55H44N6O4/c1-54(2,3)45-30-63-52(58-45)42-29-39-38-26-34(36-21-15-22-43-47(36)60-51(37-20-13-14-23-44(37)62)61(43)35-18-11-8-12-19-35)27-40(41-28-33(24-25-56-41)32-16-9-7-10-17-32)49(38)65-50(39)48(57-42)53-59-46(31-64-53)55(4,5)6/h7-31,62H,1-6H3. The van der Waals surface area contributed by atoms with Crippen LogP contribution in [0.4, 0.5) is 0 Å². The first-order chi connectivity index (χ1) is 31.4. The summed E-state index contributed by atoms with van der Waals surface area (Å²) in [5.74, 6) is 1.45. The molecule has 0 radical (unpaired) electrons. The van der Waals surface area contributed by atoms with Crippen LogP contribution in [0.5, 0.6) is 5.75 Å². The van der Waals surface area contributed by atoms with Crippen LogP contribution in [0.1, 0.15) is 52.9 Å². The van der Waals surface area contributed by atoms with Gasteiger partial charge in [0.1, 0.15) is 35.4 Å². The van der Waals surface area contributed by atoms with Crippen LogP contribution in [0.25, 0.3) is 107 Å². The second kappa shape index (κ2) is 15.0. The Morgan fingerprint density at radius 2 is 1.18 bits per heavy atom. The SMILES string of the molecule is CC(C)(C)c1coc(-c2cc3c(oc4c(-c5cc(-c6ccccc6)ccn5)cc(-c5cccc6c5nc(-c5ccccc5O)n6-c5ccccc5)cc43)c(-c3nc(C(C)(C)C)co3)n2)n1. The Labute approximate surface area is 374 Å². The number of benzene rings is 5. The molecule has 65 heavy (non-hydrogen) atoms. The Morgan fingerprint density at radius 3 is 1.91 bits per heavy atom. The third-order valence-electron chi connectivity index (χ3n) is 11.8. The van der Waals surface area contributed by atoms with Gasteiger partial charge >= 0.3 is 0 Å². The van der Waals surface area contributed by atoms with E-state index in [0.29, 0.717) is 45.7 Å². The summed E-state index contributed by atoms with van der Waals surface area (Å²) in [5.41, 5.74) is 11.6. The Bertz CT molecular complexity index is 3590. The van der Waals surface area contributed by atoms with E-state index in [1.165, 1.54) is 0 Å². The topological polar surface area (TPSA) is 129 Å². The van der Waals surface area contributed by atoms with E-state index in [1.54, 1.807) is 18.6 Å². The first-order valence-corrected chi connectivity index (χ1v) is 21.6. The average molecular weight is 853 g/mol. The van der Waals surface area contributed by atoms with E-state index >= 15 is 0 Å². The summed E-state index contributed by atoms with van der Waals surface area (Å²) in [6.45, 7) is 12.6. The second-order valence-corrected chi connectivity index (χ2v) is 18.4. The van der Waals surface area contributed by atoms with E-state index in [4.69, 9.17) is 38.2 Å². The fourth-order valence-corrected chi connectivity index (χ4v) is 8.34. The van der Waals surface area contributed by atoms with Gasteiger partial charge in [0.25, 0.3) is 0 Å². The molecule has 10 nitrogen and oxygen atoms in total. The van der Waals surface area contributed by atoms with Gasteiger partial charge in [0.15, 0.2) is 11.3 Å². The Morgan fingerprint density at radius 1 is 0.523 bits per heavy atom. The number of para-hydroxylation sites is 3. The maximum absolute atomic E-state index is 11.2. The van der Waals surface area contributed by atoms with Crippen molar-refractivity contribution in [2.24, 2.45) is 0 Å². The van der Waals surface area contributed by atoms with E-state index in [2.05, 4.69) is 88.6 Å². The maximum Gasteiger partial charge on any atom is 0.249 e. The Hall–Kier alpha value is -8.11. The zero-order valence-electron chi connectivity index (χ0n) is 36.8. The molecule has 5 aromatic carbocycles. The molecule has 0 amide bonds. The molecule has 0 aliphatic heterocycles. The molecule has 0 aliphatic rings. The molecule has 0 saturated heterocycles. The van der Waals surface area contributed by atoms with Crippen molar-refractivity contribution >= 4 is 33.0 Å². The minimum Gasteiger partial charge on any atom is -0.507 e. The summed E-state index contributed by atoms with van der Waals surface area (Å²) in [5, 5.41) is 12.8. The number of phenols is 1. The lowest BCUT2D eigenvalue weighted by Crippen LogP contribution is -2.11. The molecule has 11 rings (SSSR count). The van der Waals surface area contributed by atoms with Gasteiger partial charge in [-0.25, -0.2) is 19.9 Å². The maximum atomic E-state index is 11.2. The molecule has 1 N–H and O–H groups in total. The molecular weight excluding hydrogens is 809 g/mol. The number of imidazole rings is 1. The highest BCUT2D eigenvalue weighted by Crippen LogP contribution is 2.45. The number of pyridine rings is 2.